The van der Waals surface area contributed by atoms with E-state index in [1.807, 2.05) is 6.92 Å². The number of hydrogen-bond acceptors (Lipinski definition) is 3. The van der Waals surface area contributed by atoms with E-state index in [9.17, 15) is 8.42 Å². The standard InChI is InChI=1S/C13H18Cl2N2O2S/c1-8(9-3-4-9)17(2)20(18,19)12-6-5-11(14)10(7-16)13(12)15/h5-6,8-9H,3-4,7,16H2,1-2H3. The molecule has 0 heterocycles. The lowest BCUT2D eigenvalue weighted by molar-refractivity contribution is 0.357. The van der Waals surface area contributed by atoms with Crippen molar-refractivity contribution in [2.45, 2.75) is 37.2 Å². The van der Waals surface area contributed by atoms with Crippen LogP contribution in [0, 0.1) is 5.92 Å². The van der Waals surface area contributed by atoms with E-state index in [0.29, 0.717) is 16.5 Å². The lowest BCUT2D eigenvalue weighted by Gasteiger charge is -2.25. The van der Waals surface area contributed by atoms with Crippen LogP contribution >= 0.6 is 23.2 Å². The quantitative estimate of drug-likeness (QED) is 0.899. The maximum absolute atomic E-state index is 12.7. The molecular weight excluding hydrogens is 319 g/mol. The van der Waals surface area contributed by atoms with Gasteiger partial charge in [0.2, 0.25) is 10.0 Å². The molecule has 2 rings (SSSR count). The van der Waals surface area contributed by atoms with Crippen molar-refractivity contribution >= 4 is 33.2 Å². The van der Waals surface area contributed by atoms with Crippen LogP contribution in [-0.4, -0.2) is 25.8 Å². The Balaban J connectivity index is 2.43. The zero-order valence-corrected chi connectivity index (χ0v) is 13.8. The zero-order chi connectivity index (χ0) is 15.1. The predicted octanol–water partition coefficient (Wildman–Crippen LogP) is 2.87. The van der Waals surface area contributed by atoms with Gasteiger partial charge in [-0.2, -0.15) is 4.31 Å². The molecule has 4 nitrogen and oxygen atoms in total. The highest BCUT2D eigenvalue weighted by Gasteiger charge is 2.37. The first-order valence-corrected chi connectivity index (χ1v) is 8.65. The summed E-state index contributed by atoms with van der Waals surface area (Å²) in [6.07, 6.45) is 2.15. The monoisotopic (exact) mass is 336 g/mol. The summed E-state index contributed by atoms with van der Waals surface area (Å²) < 4.78 is 26.7. The van der Waals surface area contributed by atoms with Crippen LogP contribution in [0.4, 0.5) is 0 Å². The summed E-state index contributed by atoms with van der Waals surface area (Å²) in [5, 5.41) is 0.504. The Labute approximate surface area is 129 Å². The SMILES string of the molecule is CC(C1CC1)N(C)S(=O)(=O)c1ccc(Cl)c(CN)c1Cl. The lowest BCUT2D eigenvalue weighted by Crippen LogP contribution is -2.36. The first-order chi connectivity index (χ1) is 9.30. The van der Waals surface area contributed by atoms with E-state index in [4.69, 9.17) is 28.9 Å². The van der Waals surface area contributed by atoms with Gasteiger partial charge in [-0.15, -0.1) is 0 Å². The first-order valence-electron chi connectivity index (χ1n) is 6.45. The number of sulfonamides is 1. The Morgan fingerprint density at radius 2 is 2.00 bits per heavy atom. The van der Waals surface area contributed by atoms with E-state index in [-0.39, 0.29) is 22.5 Å². The molecule has 1 unspecified atom stereocenters. The molecular formula is C13H18Cl2N2O2S. The van der Waals surface area contributed by atoms with Crippen LogP contribution in [0.5, 0.6) is 0 Å². The molecule has 7 heteroatoms. The Morgan fingerprint density at radius 3 is 2.50 bits per heavy atom. The van der Waals surface area contributed by atoms with Crippen molar-refractivity contribution in [1.82, 2.24) is 4.31 Å². The van der Waals surface area contributed by atoms with E-state index in [0.717, 1.165) is 12.8 Å². The molecule has 1 aromatic rings. The van der Waals surface area contributed by atoms with Crippen molar-refractivity contribution in [1.29, 1.82) is 0 Å². The third kappa shape index (κ3) is 2.83. The molecule has 2 N–H and O–H groups in total. The highest BCUT2D eigenvalue weighted by atomic mass is 35.5. The predicted molar refractivity (Wildman–Crippen MR) is 81.5 cm³/mol. The van der Waals surface area contributed by atoms with Gasteiger partial charge in [0.15, 0.2) is 0 Å². The first kappa shape index (κ1) is 16.0. The van der Waals surface area contributed by atoms with E-state index < -0.39 is 10.0 Å². The van der Waals surface area contributed by atoms with E-state index in [1.54, 1.807) is 7.05 Å². The molecule has 0 spiro atoms. The van der Waals surface area contributed by atoms with Crippen LogP contribution in [0.2, 0.25) is 10.0 Å². The second-order valence-corrected chi connectivity index (χ2v) is 7.89. The number of nitrogens with zero attached hydrogens (tertiary/aromatic N) is 1. The van der Waals surface area contributed by atoms with Gasteiger partial charge in [-0.25, -0.2) is 8.42 Å². The fraction of sp³-hybridized carbons (Fsp3) is 0.538. The molecule has 1 aliphatic carbocycles. The van der Waals surface area contributed by atoms with Gasteiger partial charge in [0.1, 0.15) is 4.90 Å². The molecule has 0 aliphatic heterocycles. The molecule has 0 bridgehead atoms. The Bertz CT molecular complexity index is 615. The summed E-state index contributed by atoms with van der Waals surface area (Å²) in [6.45, 7) is 2.02. The summed E-state index contributed by atoms with van der Waals surface area (Å²) in [5.74, 6) is 0.440. The lowest BCUT2D eigenvalue weighted by atomic mass is 10.2. The van der Waals surface area contributed by atoms with E-state index >= 15 is 0 Å². The molecule has 20 heavy (non-hydrogen) atoms. The normalized spacial score (nSPS) is 17.5. The van der Waals surface area contributed by atoms with E-state index in [1.165, 1.54) is 16.4 Å². The van der Waals surface area contributed by atoms with Gasteiger partial charge in [0.05, 0.1) is 5.02 Å². The number of halogens is 2. The van der Waals surface area contributed by atoms with Crippen LogP contribution in [0.25, 0.3) is 0 Å². The third-order valence-electron chi connectivity index (χ3n) is 3.89. The zero-order valence-electron chi connectivity index (χ0n) is 11.4. The van der Waals surface area contributed by atoms with Gasteiger partial charge in [0, 0.05) is 30.2 Å². The van der Waals surface area contributed by atoms with Gasteiger partial charge >= 0.3 is 0 Å². The smallest absolute Gasteiger partial charge is 0.244 e. The summed E-state index contributed by atoms with van der Waals surface area (Å²) in [7, 11) is -2.05. The van der Waals surface area contributed by atoms with Crippen LogP contribution in [-0.2, 0) is 16.6 Å². The molecule has 112 valence electrons. The topological polar surface area (TPSA) is 63.4 Å². The highest BCUT2D eigenvalue weighted by molar-refractivity contribution is 7.89. The summed E-state index contributed by atoms with van der Waals surface area (Å²) >= 11 is 12.2. The van der Waals surface area contributed by atoms with Crippen LogP contribution in [0.3, 0.4) is 0 Å². The van der Waals surface area contributed by atoms with Crippen molar-refractivity contribution in [2.24, 2.45) is 11.7 Å². The van der Waals surface area contributed by atoms with Crippen molar-refractivity contribution in [3.63, 3.8) is 0 Å². The van der Waals surface area contributed by atoms with Crippen molar-refractivity contribution in [3.05, 3.63) is 27.7 Å². The van der Waals surface area contributed by atoms with Crippen molar-refractivity contribution in [2.75, 3.05) is 7.05 Å². The largest absolute Gasteiger partial charge is 0.326 e. The maximum Gasteiger partial charge on any atom is 0.244 e. The molecule has 0 aromatic heterocycles. The number of hydrogen-bond donors (Lipinski definition) is 1. The van der Waals surface area contributed by atoms with Gasteiger partial charge in [0.25, 0.3) is 0 Å². The van der Waals surface area contributed by atoms with Crippen molar-refractivity contribution < 1.29 is 8.42 Å². The number of rotatable bonds is 5. The van der Waals surface area contributed by atoms with Gasteiger partial charge in [-0.1, -0.05) is 23.2 Å². The molecule has 0 amide bonds. The van der Waals surface area contributed by atoms with Crippen LogP contribution in [0.15, 0.2) is 17.0 Å². The number of benzene rings is 1. The third-order valence-corrected chi connectivity index (χ3v) is 6.77. The highest BCUT2D eigenvalue weighted by Crippen LogP contribution is 2.38. The Kier molecular flexibility index (Phi) is 4.66. The fourth-order valence-corrected chi connectivity index (χ4v) is 4.54. The molecule has 1 aromatic carbocycles. The molecule has 1 saturated carbocycles. The fourth-order valence-electron chi connectivity index (χ4n) is 2.21. The minimum Gasteiger partial charge on any atom is -0.326 e. The maximum atomic E-state index is 12.7. The van der Waals surface area contributed by atoms with Crippen LogP contribution < -0.4 is 5.73 Å². The Hall–Kier alpha value is -0.330. The van der Waals surface area contributed by atoms with Crippen LogP contribution in [0.1, 0.15) is 25.3 Å². The number of nitrogens with two attached hydrogens (primary N) is 1. The molecule has 0 saturated heterocycles. The summed E-state index contributed by atoms with van der Waals surface area (Å²) in [6, 6.07) is 2.93. The summed E-state index contributed by atoms with van der Waals surface area (Å²) in [4.78, 5) is 0.0685. The molecule has 0 radical (unpaired) electrons. The minimum absolute atomic E-state index is 0.0342. The second-order valence-electron chi connectivity index (χ2n) is 5.14. The molecule has 1 atom stereocenters. The van der Waals surface area contributed by atoms with Gasteiger partial charge in [-0.3, -0.25) is 0 Å². The average Bonchev–Trinajstić information content (AvgIpc) is 3.21. The second kappa shape index (κ2) is 5.81. The Morgan fingerprint density at radius 1 is 1.40 bits per heavy atom. The molecule has 1 aliphatic rings. The van der Waals surface area contributed by atoms with E-state index in [2.05, 4.69) is 0 Å². The van der Waals surface area contributed by atoms with Gasteiger partial charge in [-0.05, 0) is 37.8 Å². The van der Waals surface area contributed by atoms with Crippen molar-refractivity contribution in [3.8, 4) is 0 Å². The minimum atomic E-state index is -3.64. The average molecular weight is 337 g/mol. The van der Waals surface area contributed by atoms with Gasteiger partial charge < -0.3 is 5.73 Å². The molecule has 1 fully saturated rings. The summed E-state index contributed by atoms with van der Waals surface area (Å²) in [5.41, 5.74) is 6.04.